The Morgan fingerprint density at radius 3 is 2.89 bits per heavy atom. The molecule has 1 aliphatic carbocycles. The van der Waals surface area contributed by atoms with Crippen LogP contribution in [0.15, 0.2) is 12.3 Å². The number of rotatable bonds is 5. The molecule has 2 unspecified atom stereocenters. The SMILES string of the molecule is CC(C)n1ccc(CC2(CBr)CCOC2C2CC2)n1. The second-order valence-corrected chi connectivity index (χ2v) is 6.99. The molecule has 0 amide bonds. The number of hydrogen-bond donors (Lipinski definition) is 0. The number of alkyl halides is 1. The van der Waals surface area contributed by atoms with Gasteiger partial charge in [0.15, 0.2) is 0 Å². The van der Waals surface area contributed by atoms with Gasteiger partial charge in [0.05, 0.1) is 11.8 Å². The monoisotopic (exact) mass is 326 g/mol. The number of aromatic nitrogens is 2. The summed E-state index contributed by atoms with van der Waals surface area (Å²) in [6.07, 6.45) is 7.44. The molecule has 1 saturated carbocycles. The van der Waals surface area contributed by atoms with Gasteiger partial charge in [0, 0.05) is 36.0 Å². The second kappa shape index (κ2) is 5.21. The molecule has 1 saturated heterocycles. The molecular weight excluding hydrogens is 304 g/mol. The van der Waals surface area contributed by atoms with Gasteiger partial charge in [0.1, 0.15) is 0 Å². The van der Waals surface area contributed by atoms with Crippen molar-refractivity contribution in [2.45, 2.75) is 51.7 Å². The van der Waals surface area contributed by atoms with Crippen LogP contribution >= 0.6 is 15.9 Å². The predicted molar refractivity (Wildman–Crippen MR) is 79.6 cm³/mol. The molecule has 0 N–H and O–H groups in total. The highest BCUT2D eigenvalue weighted by Crippen LogP contribution is 2.50. The molecule has 19 heavy (non-hydrogen) atoms. The number of nitrogens with zero attached hydrogens (tertiary/aromatic N) is 2. The van der Waals surface area contributed by atoms with Gasteiger partial charge < -0.3 is 4.74 Å². The summed E-state index contributed by atoms with van der Waals surface area (Å²) in [5, 5.41) is 5.74. The third-order valence-electron chi connectivity index (χ3n) is 4.54. The van der Waals surface area contributed by atoms with E-state index in [1.807, 2.05) is 0 Å². The van der Waals surface area contributed by atoms with Gasteiger partial charge in [-0.3, -0.25) is 4.68 Å². The summed E-state index contributed by atoms with van der Waals surface area (Å²) in [4.78, 5) is 0. The first-order valence-electron chi connectivity index (χ1n) is 7.36. The summed E-state index contributed by atoms with van der Waals surface area (Å²) < 4.78 is 8.10. The van der Waals surface area contributed by atoms with Crippen LogP contribution in [0, 0.1) is 11.3 Å². The van der Waals surface area contributed by atoms with Crippen molar-refractivity contribution in [1.82, 2.24) is 9.78 Å². The fourth-order valence-corrected chi connectivity index (χ4v) is 4.04. The van der Waals surface area contributed by atoms with E-state index >= 15 is 0 Å². The topological polar surface area (TPSA) is 27.1 Å². The summed E-state index contributed by atoms with van der Waals surface area (Å²) in [5.41, 5.74) is 1.47. The zero-order valence-corrected chi connectivity index (χ0v) is 13.4. The lowest BCUT2D eigenvalue weighted by molar-refractivity contribution is 0.0409. The highest BCUT2D eigenvalue weighted by molar-refractivity contribution is 9.09. The molecule has 1 aromatic heterocycles. The van der Waals surface area contributed by atoms with Crippen molar-refractivity contribution in [2.24, 2.45) is 11.3 Å². The molecule has 2 fully saturated rings. The molecule has 0 aromatic carbocycles. The largest absolute Gasteiger partial charge is 0.377 e. The zero-order chi connectivity index (χ0) is 13.5. The van der Waals surface area contributed by atoms with Crippen LogP contribution in [0.3, 0.4) is 0 Å². The lowest BCUT2D eigenvalue weighted by Crippen LogP contribution is -2.36. The first-order valence-corrected chi connectivity index (χ1v) is 8.48. The van der Waals surface area contributed by atoms with Crippen LogP contribution in [0.2, 0.25) is 0 Å². The Morgan fingerprint density at radius 2 is 2.32 bits per heavy atom. The van der Waals surface area contributed by atoms with Crippen LogP contribution in [0.25, 0.3) is 0 Å². The van der Waals surface area contributed by atoms with Gasteiger partial charge in [-0.2, -0.15) is 5.10 Å². The molecular formula is C15H23BrN2O. The van der Waals surface area contributed by atoms with Crippen LogP contribution in [0.4, 0.5) is 0 Å². The molecule has 2 heterocycles. The lowest BCUT2D eigenvalue weighted by atomic mass is 9.77. The molecule has 0 spiro atoms. The minimum Gasteiger partial charge on any atom is -0.377 e. The third kappa shape index (κ3) is 2.62. The van der Waals surface area contributed by atoms with Crippen LogP contribution in [0.1, 0.15) is 44.8 Å². The Labute approximate surface area is 123 Å². The van der Waals surface area contributed by atoms with E-state index in [0.717, 1.165) is 30.7 Å². The van der Waals surface area contributed by atoms with E-state index in [0.29, 0.717) is 12.1 Å². The summed E-state index contributed by atoms with van der Waals surface area (Å²) in [6.45, 7) is 5.25. The van der Waals surface area contributed by atoms with E-state index in [2.05, 4.69) is 46.7 Å². The molecule has 3 rings (SSSR count). The van der Waals surface area contributed by atoms with Gasteiger partial charge >= 0.3 is 0 Å². The normalized spacial score (nSPS) is 31.3. The van der Waals surface area contributed by atoms with E-state index in [9.17, 15) is 0 Å². The van der Waals surface area contributed by atoms with Gasteiger partial charge in [-0.25, -0.2) is 0 Å². The summed E-state index contributed by atoms with van der Waals surface area (Å²) in [6, 6.07) is 2.61. The van der Waals surface area contributed by atoms with Crippen LogP contribution < -0.4 is 0 Å². The lowest BCUT2D eigenvalue weighted by Gasteiger charge is -2.32. The summed E-state index contributed by atoms with van der Waals surface area (Å²) >= 11 is 3.75. The highest BCUT2D eigenvalue weighted by atomic mass is 79.9. The number of hydrogen-bond acceptors (Lipinski definition) is 2. The molecule has 1 aliphatic heterocycles. The summed E-state index contributed by atoms with van der Waals surface area (Å²) in [5.74, 6) is 0.798. The van der Waals surface area contributed by atoms with Crippen molar-refractivity contribution < 1.29 is 4.74 Å². The molecule has 2 aliphatic rings. The molecule has 4 heteroatoms. The highest BCUT2D eigenvalue weighted by Gasteiger charge is 2.50. The Hall–Kier alpha value is -0.350. The van der Waals surface area contributed by atoms with Gasteiger partial charge in [-0.05, 0) is 45.1 Å². The standard InChI is InChI=1S/C15H23BrN2O/c1-11(2)18-7-5-13(17-18)9-15(10-16)6-8-19-14(15)12-3-4-12/h5,7,11-12,14H,3-4,6,8-10H2,1-2H3. The molecule has 0 radical (unpaired) electrons. The maximum atomic E-state index is 6.05. The fourth-order valence-electron chi connectivity index (χ4n) is 3.24. The first-order chi connectivity index (χ1) is 9.14. The van der Waals surface area contributed by atoms with Gasteiger partial charge in [-0.1, -0.05) is 15.9 Å². The molecule has 2 atom stereocenters. The van der Waals surface area contributed by atoms with Crippen LogP contribution in [-0.4, -0.2) is 27.8 Å². The molecule has 0 bridgehead atoms. The molecule has 106 valence electrons. The van der Waals surface area contributed by atoms with Crippen molar-refractivity contribution in [3.63, 3.8) is 0 Å². The van der Waals surface area contributed by atoms with E-state index in [1.54, 1.807) is 0 Å². The zero-order valence-electron chi connectivity index (χ0n) is 11.8. The Bertz CT molecular complexity index is 441. The van der Waals surface area contributed by atoms with Crippen molar-refractivity contribution in [3.05, 3.63) is 18.0 Å². The first kappa shape index (κ1) is 13.6. The Balaban J connectivity index is 1.77. The van der Waals surface area contributed by atoms with E-state index < -0.39 is 0 Å². The van der Waals surface area contributed by atoms with Gasteiger partial charge in [0.25, 0.3) is 0 Å². The number of ether oxygens (including phenoxy) is 1. The van der Waals surface area contributed by atoms with Gasteiger partial charge in [-0.15, -0.1) is 0 Å². The van der Waals surface area contributed by atoms with Gasteiger partial charge in [0.2, 0.25) is 0 Å². The molecule has 3 nitrogen and oxygen atoms in total. The fraction of sp³-hybridized carbons (Fsp3) is 0.800. The van der Waals surface area contributed by atoms with E-state index in [-0.39, 0.29) is 5.41 Å². The smallest absolute Gasteiger partial charge is 0.0672 e. The third-order valence-corrected chi connectivity index (χ3v) is 5.66. The average Bonchev–Trinajstić information content (AvgIpc) is 2.98. The quantitative estimate of drug-likeness (QED) is 0.773. The molecule has 1 aromatic rings. The second-order valence-electron chi connectivity index (χ2n) is 6.43. The minimum absolute atomic E-state index is 0.261. The van der Waals surface area contributed by atoms with Crippen molar-refractivity contribution in [3.8, 4) is 0 Å². The average molecular weight is 327 g/mol. The Morgan fingerprint density at radius 1 is 1.53 bits per heavy atom. The van der Waals surface area contributed by atoms with Crippen molar-refractivity contribution >= 4 is 15.9 Å². The number of halogens is 1. The van der Waals surface area contributed by atoms with Crippen molar-refractivity contribution in [2.75, 3.05) is 11.9 Å². The summed E-state index contributed by atoms with van der Waals surface area (Å²) in [7, 11) is 0. The minimum atomic E-state index is 0.261. The van der Waals surface area contributed by atoms with E-state index in [4.69, 9.17) is 9.84 Å². The predicted octanol–water partition coefficient (Wildman–Crippen LogP) is 3.59. The van der Waals surface area contributed by atoms with Crippen molar-refractivity contribution in [1.29, 1.82) is 0 Å². The maximum absolute atomic E-state index is 6.05. The van der Waals surface area contributed by atoms with Crippen LogP contribution in [0.5, 0.6) is 0 Å². The maximum Gasteiger partial charge on any atom is 0.0672 e. The van der Waals surface area contributed by atoms with Crippen LogP contribution in [-0.2, 0) is 11.2 Å². The Kier molecular flexibility index (Phi) is 3.73. The van der Waals surface area contributed by atoms with E-state index in [1.165, 1.54) is 18.5 Å².